The smallest absolute Gasteiger partial charge is 0.269 e. The van der Waals surface area contributed by atoms with Crippen molar-refractivity contribution in [1.29, 1.82) is 0 Å². The highest BCUT2D eigenvalue weighted by molar-refractivity contribution is 6.30. The van der Waals surface area contributed by atoms with E-state index in [4.69, 9.17) is 11.6 Å². The van der Waals surface area contributed by atoms with Crippen molar-refractivity contribution in [2.45, 2.75) is 38.5 Å². The van der Waals surface area contributed by atoms with Crippen molar-refractivity contribution in [3.8, 4) is 0 Å². The zero-order valence-electron chi connectivity index (χ0n) is 13.0. The van der Waals surface area contributed by atoms with Crippen molar-refractivity contribution >= 4 is 23.4 Å². The van der Waals surface area contributed by atoms with Crippen LogP contribution in [-0.2, 0) is 4.79 Å². The number of hydrogen-bond donors (Lipinski definition) is 2. The van der Waals surface area contributed by atoms with E-state index in [1.807, 2.05) is 0 Å². The molecular weight excluding hydrogens is 312 g/mol. The van der Waals surface area contributed by atoms with Gasteiger partial charge in [0.15, 0.2) is 0 Å². The summed E-state index contributed by atoms with van der Waals surface area (Å²) in [5.41, 5.74) is 5.42. The predicted octanol–water partition coefficient (Wildman–Crippen LogP) is 3.32. The summed E-state index contributed by atoms with van der Waals surface area (Å²) in [4.78, 5) is 24.9. The van der Waals surface area contributed by atoms with E-state index in [2.05, 4.69) is 10.9 Å². The van der Waals surface area contributed by atoms with E-state index in [0.717, 1.165) is 19.3 Å². The van der Waals surface area contributed by atoms with E-state index >= 15 is 0 Å². The van der Waals surface area contributed by atoms with Crippen LogP contribution in [0.2, 0.25) is 5.02 Å². The number of nitrogens with one attached hydrogen (secondary N) is 2. The first-order valence-corrected chi connectivity index (χ1v) is 8.78. The number of rotatable bonds is 2. The Hall–Kier alpha value is -1.55. The first-order valence-electron chi connectivity index (χ1n) is 8.40. The number of amides is 2. The van der Waals surface area contributed by atoms with Gasteiger partial charge in [0.25, 0.3) is 5.91 Å². The van der Waals surface area contributed by atoms with Crippen molar-refractivity contribution in [1.82, 2.24) is 10.9 Å². The minimum atomic E-state index is -0.328. The maximum atomic E-state index is 12.7. The molecular formula is C18H21ClN2O2. The summed E-state index contributed by atoms with van der Waals surface area (Å²) >= 11 is 5.90. The van der Waals surface area contributed by atoms with Crippen molar-refractivity contribution in [2.24, 2.45) is 23.2 Å². The molecule has 0 aromatic heterocycles. The van der Waals surface area contributed by atoms with Crippen LogP contribution >= 0.6 is 11.6 Å². The predicted molar refractivity (Wildman–Crippen MR) is 87.7 cm³/mol. The van der Waals surface area contributed by atoms with Gasteiger partial charge in [0, 0.05) is 10.6 Å². The molecule has 4 aliphatic rings. The Bertz CT molecular complexity index is 623. The lowest BCUT2D eigenvalue weighted by Crippen LogP contribution is -2.56. The number of carbonyl (C=O) groups excluding carboxylic acids is 2. The number of benzene rings is 1. The van der Waals surface area contributed by atoms with Crippen LogP contribution in [0.3, 0.4) is 0 Å². The third-order valence-corrected chi connectivity index (χ3v) is 6.13. The second-order valence-corrected chi connectivity index (χ2v) is 8.05. The van der Waals surface area contributed by atoms with Gasteiger partial charge >= 0.3 is 0 Å². The Morgan fingerprint density at radius 2 is 1.61 bits per heavy atom. The molecule has 4 nitrogen and oxygen atoms in total. The van der Waals surface area contributed by atoms with Gasteiger partial charge in [-0.1, -0.05) is 17.7 Å². The van der Waals surface area contributed by atoms with Crippen LogP contribution in [0.5, 0.6) is 0 Å². The summed E-state index contributed by atoms with van der Waals surface area (Å²) < 4.78 is 0. The van der Waals surface area contributed by atoms with Gasteiger partial charge in [0.2, 0.25) is 5.91 Å². The lowest BCUT2D eigenvalue weighted by atomic mass is 9.49. The van der Waals surface area contributed by atoms with Gasteiger partial charge in [-0.05, 0) is 74.5 Å². The van der Waals surface area contributed by atoms with E-state index in [-0.39, 0.29) is 17.2 Å². The van der Waals surface area contributed by atoms with Crippen LogP contribution in [0, 0.1) is 23.2 Å². The normalized spacial score (nSPS) is 34.2. The fraction of sp³-hybridized carbons (Fsp3) is 0.556. The zero-order valence-corrected chi connectivity index (χ0v) is 13.7. The Morgan fingerprint density at radius 3 is 2.17 bits per heavy atom. The Labute approximate surface area is 140 Å². The highest BCUT2D eigenvalue weighted by atomic mass is 35.5. The summed E-state index contributed by atoms with van der Waals surface area (Å²) in [6.45, 7) is 0. The molecule has 23 heavy (non-hydrogen) atoms. The SMILES string of the molecule is O=C(NNC(=O)C12CC3CC(CC(C3)C1)C2)c1cccc(Cl)c1. The molecule has 1 aromatic rings. The Balaban J connectivity index is 1.41. The van der Waals surface area contributed by atoms with E-state index in [9.17, 15) is 9.59 Å². The molecule has 5 heteroatoms. The maximum Gasteiger partial charge on any atom is 0.269 e. The largest absolute Gasteiger partial charge is 0.273 e. The topological polar surface area (TPSA) is 58.2 Å². The average Bonchev–Trinajstić information content (AvgIpc) is 2.51. The van der Waals surface area contributed by atoms with Gasteiger partial charge in [-0.2, -0.15) is 0 Å². The van der Waals surface area contributed by atoms with Gasteiger partial charge in [-0.25, -0.2) is 0 Å². The fourth-order valence-corrected chi connectivity index (χ4v) is 5.53. The Kier molecular flexibility index (Phi) is 3.60. The highest BCUT2D eigenvalue weighted by Gasteiger charge is 2.54. The van der Waals surface area contributed by atoms with Crippen molar-refractivity contribution in [2.75, 3.05) is 0 Å². The summed E-state index contributed by atoms with van der Waals surface area (Å²) in [6.07, 6.45) is 6.83. The lowest BCUT2D eigenvalue weighted by Gasteiger charge is -2.55. The third kappa shape index (κ3) is 2.74. The zero-order chi connectivity index (χ0) is 16.0. The molecule has 0 radical (unpaired) electrons. The van der Waals surface area contributed by atoms with E-state index in [1.165, 1.54) is 19.3 Å². The molecule has 0 spiro atoms. The van der Waals surface area contributed by atoms with Gasteiger partial charge in [0.1, 0.15) is 0 Å². The molecule has 4 saturated carbocycles. The quantitative estimate of drug-likeness (QED) is 0.816. The van der Waals surface area contributed by atoms with Crippen LogP contribution in [-0.4, -0.2) is 11.8 Å². The maximum absolute atomic E-state index is 12.7. The van der Waals surface area contributed by atoms with E-state index in [1.54, 1.807) is 24.3 Å². The van der Waals surface area contributed by atoms with E-state index in [0.29, 0.717) is 28.3 Å². The lowest BCUT2D eigenvalue weighted by molar-refractivity contribution is -0.147. The van der Waals surface area contributed by atoms with Crippen LogP contribution in [0.4, 0.5) is 0 Å². The van der Waals surface area contributed by atoms with Crippen LogP contribution in [0.15, 0.2) is 24.3 Å². The molecule has 4 bridgehead atoms. The summed E-state index contributed by atoms with van der Waals surface area (Å²) in [7, 11) is 0. The molecule has 2 amide bonds. The first kappa shape index (κ1) is 15.0. The molecule has 0 aliphatic heterocycles. The molecule has 0 unspecified atom stereocenters. The molecule has 1 aromatic carbocycles. The number of hydrazine groups is 1. The minimum absolute atomic E-state index is 0.00743. The van der Waals surface area contributed by atoms with Crippen molar-refractivity contribution in [3.63, 3.8) is 0 Å². The molecule has 122 valence electrons. The molecule has 0 saturated heterocycles. The second-order valence-electron chi connectivity index (χ2n) is 7.62. The highest BCUT2D eigenvalue weighted by Crippen LogP contribution is 2.59. The third-order valence-electron chi connectivity index (χ3n) is 5.90. The minimum Gasteiger partial charge on any atom is -0.273 e. The standard InChI is InChI=1S/C18H21ClN2O2/c19-15-3-1-2-14(7-15)16(22)20-21-17(23)18-8-11-4-12(9-18)6-13(5-11)10-18/h1-3,7,11-13H,4-6,8-10H2,(H,20,22)(H,21,23). The number of halogens is 1. The molecule has 2 N–H and O–H groups in total. The molecule has 5 rings (SSSR count). The van der Waals surface area contributed by atoms with Crippen LogP contribution in [0.1, 0.15) is 48.9 Å². The van der Waals surface area contributed by atoms with Crippen LogP contribution in [0.25, 0.3) is 0 Å². The summed E-state index contributed by atoms with van der Waals surface area (Å²) in [5.74, 6) is 1.78. The average molecular weight is 333 g/mol. The Morgan fingerprint density at radius 1 is 1.00 bits per heavy atom. The van der Waals surface area contributed by atoms with E-state index < -0.39 is 0 Å². The van der Waals surface area contributed by atoms with Crippen molar-refractivity contribution in [3.05, 3.63) is 34.9 Å². The molecule has 0 atom stereocenters. The second kappa shape index (κ2) is 5.52. The van der Waals surface area contributed by atoms with Gasteiger partial charge in [-0.3, -0.25) is 20.4 Å². The summed E-state index contributed by atoms with van der Waals surface area (Å²) in [6, 6.07) is 6.70. The molecule has 0 heterocycles. The number of carbonyl (C=O) groups is 2. The summed E-state index contributed by atoms with van der Waals surface area (Å²) in [5, 5.41) is 0.505. The van der Waals surface area contributed by atoms with Gasteiger partial charge in [-0.15, -0.1) is 0 Å². The van der Waals surface area contributed by atoms with Gasteiger partial charge in [0.05, 0.1) is 5.41 Å². The van der Waals surface area contributed by atoms with Crippen molar-refractivity contribution < 1.29 is 9.59 Å². The molecule has 4 fully saturated rings. The molecule has 4 aliphatic carbocycles. The van der Waals surface area contributed by atoms with Gasteiger partial charge < -0.3 is 0 Å². The van der Waals surface area contributed by atoms with Crippen LogP contribution < -0.4 is 10.9 Å². The number of hydrogen-bond acceptors (Lipinski definition) is 2. The fourth-order valence-electron chi connectivity index (χ4n) is 5.34. The monoisotopic (exact) mass is 332 g/mol. The first-order chi connectivity index (χ1) is 11.0.